The fourth-order valence-electron chi connectivity index (χ4n) is 4.85. The lowest BCUT2D eigenvalue weighted by Gasteiger charge is -2.13. The van der Waals surface area contributed by atoms with Crippen molar-refractivity contribution in [2.75, 3.05) is 0 Å². The summed E-state index contributed by atoms with van der Waals surface area (Å²) in [6, 6.07) is 38.8. The molecule has 0 bridgehead atoms. The average molecular weight is 469 g/mol. The number of rotatable bonds is 4. The van der Waals surface area contributed by atoms with Crippen LogP contribution in [0.2, 0.25) is 0 Å². The Bertz CT molecular complexity index is 1530. The third kappa shape index (κ3) is 3.94. The van der Waals surface area contributed by atoms with Gasteiger partial charge in [0.25, 0.3) is 0 Å². The van der Waals surface area contributed by atoms with E-state index in [1.54, 1.807) is 0 Å². The first-order valence-corrected chi connectivity index (χ1v) is 12.5. The fraction of sp³-hybridized carbons (Fsp3) is 0.0625. The molecule has 1 heterocycles. The lowest BCUT2D eigenvalue weighted by molar-refractivity contribution is 1.44. The third-order valence-electron chi connectivity index (χ3n) is 6.66. The minimum absolute atomic E-state index is 0.967. The quantitative estimate of drug-likeness (QED) is 0.258. The van der Waals surface area contributed by atoms with Crippen LogP contribution in [0, 0.1) is 13.8 Å². The Morgan fingerprint density at radius 3 is 1.23 bits per heavy atom. The summed E-state index contributed by atoms with van der Waals surface area (Å²) in [5.74, 6) is 0. The van der Waals surface area contributed by atoms with Crippen molar-refractivity contribution >= 4 is 22.8 Å². The van der Waals surface area contributed by atoms with E-state index in [0.29, 0.717) is 0 Å². The smallest absolute Gasteiger partial charge is 0.113 e. The highest BCUT2D eigenvalue weighted by atomic mass is 32.1. The van der Waals surface area contributed by atoms with E-state index >= 15 is 0 Å². The maximum Gasteiger partial charge on any atom is 0.113 e. The van der Waals surface area contributed by atoms with E-state index in [1.807, 2.05) is 0 Å². The van der Waals surface area contributed by atoms with E-state index in [4.69, 9.17) is 8.75 Å². The van der Waals surface area contributed by atoms with Gasteiger partial charge in [-0.15, -0.1) is 0 Å². The highest BCUT2D eigenvalue weighted by Crippen LogP contribution is 2.38. The van der Waals surface area contributed by atoms with Crippen LogP contribution < -0.4 is 0 Å². The summed E-state index contributed by atoms with van der Waals surface area (Å²) in [5.41, 5.74) is 14.0. The van der Waals surface area contributed by atoms with Crippen LogP contribution in [-0.4, -0.2) is 8.75 Å². The van der Waals surface area contributed by atoms with Crippen LogP contribution in [-0.2, 0) is 0 Å². The molecule has 3 heteroatoms. The van der Waals surface area contributed by atoms with Crippen molar-refractivity contribution in [2.45, 2.75) is 13.8 Å². The molecule has 0 radical (unpaired) electrons. The van der Waals surface area contributed by atoms with Crippen molar-refractivity contribution in [1.29, 1.82) is 0 Å². The van der Waals surface area contributed by atoms with Crippen LogP contribution in [0.3, 0.4) is 0 Å². The van der Waals surface area contributed by atoms with Crippen LogP contribution >= 0.6 is 11.7 Å². The fourth-order valence-corrected chi connectivity index (χ4v) is 5.43. The molecule has 2 nitrogen and oxygen atoms in total. The van der Waals surface area contributed by atoms with Gasteiger partial charge in [0.1, 0.15) is 11.0 Å². The molecule has 0 unspecified atom stereocenters. The Labute approximate surface area is 209 Å². The molecular weight excluding hydrogens is 444 g/mol. The SMILES string of the molecule is Cc1cc(-c2ccccc2)ccc1-c1ccc(-c2ccc(-c3ccccc3)cc2C)c2nsnc12. The molecule has 0 saturated carbocycles. The molecular formula is C32H24N2S. The van der Waals surface area contributed by atoms with E-state index in [-0.39, 0.29) is 0 Å². The van der Waals surface area contributed by atoms with Crippen LogP contribution in [0.25, 0.3) is 55.5 Å². The maximum absolute atomic E-state index is 4.73. The number of aryl methyl sites for hydroxylation is 2. The van der Waals surface area contributed by atoms with Crippen LogP contribution in [0.5, 0.6) is 0 Å². The first-order valence-electron chi connectivity index (χ1n) is 11.8. The molecule has 168 valence electrons. The minimum atomic E-state index is 0.967. The third-order valence-corrected chi connectivity index (χ3v) is 7.19. The Morgan fingerprint density at radius 1 is 0.429 bits per heavy atom. The molecule has 0 spiro atoms. The second-order valence-electron chi connectivity index (χ2n) is 8.91. The monoisotopic (exact) mass is 468 g/mol. The average Bonchev–Trinajstić information content (AvgIpc) is 3.40. The minimum Gasteiger partial charge on any atom is -0.172 e. The highest BCUT2D eigenvalue weighted by molar-refractivity contribution is 7.00. The molecule has 6 aromatic rings. The Balaban J connectivity index is 1.42. The lowest BCUT2D eigenvalue weighted by atomic mass is 9.91. The predicted molar refractivity (Wildman–Crippen MR) is 149 cm³/mol. The van der Waals surface area contributed by atoms with Gasteiger partial charge in [0.05, 0.1) is 11.7 Å². The van der Waals surface area contributed by atoms with Gasteiger partial charge in [0, 0.05) is 11.1 Å². The molecule has 5 aromatic carbocycles. The van der Waals surface area contributed by atoms with E-state index in [2.05, 4.69) is 123 Å². The molecule has 0 aliphatic carbocycles. The number of hydrogen-bond donors (Lipinski definition) is 0. The van der Waals surface area contributed by atoms with Gasteiger partial charge in [0.15, 0.2) is 0 Å². The zero-order valence-corrected chi connectivity index (χ0v) is 20.5. The molecule has 0 amide bonds. The molecule has 0 saturated heterocycles. The van der Waals surface area contributed by atoms with E-state index in [1.165, 1.54) is 56.2 Å². The van der Waals surface area contributed by atoms with Crippen molar-refractivity contribution < 1.29 is 0 Å². The van der Waals surface area contributed by atoms with Gasteiger partial charge in [0.2, 0.25) is 0 Å². The maximum atomic E-state index is 4.73. The van der Waals surface area contributed by atoms with Crippen molar-refractivity contribution in [3.8, 4) is 44.5 Å². The number of benzene rings is 5. The normalized spacial score (nSPS) is 11.1. The van der Waals surface area contributed by atoms with Gasteiger partial charge in [-0.1, -0.05) is 109 Å². The number of fused-ring (bicyclic) bond motifs is 1. The van der Waals surface area contributed by atoms with Crippen molar-refractivity contribution in [3.05, 3.63) is 120 Å². The number of hydrogen-bond acceptors (Lipinski definition) is 3. The predicted octanol–water partition coefficient (Wildman–Crippen LogP) is 8.98. The first kappa shape index (κ1) is 21.5. The van der Waals surface area contributed by atoms with Gasteiger partial charge in [-0.3, -0.25) is 0 Å². The van der Waals surface area contributed by atoms with Crippen LogP contribution in [0.1, 0.15) is 11.1 Å². The zero-order valence-electron chi connectivity index (χ0n) is 19.7. The molecule has 1 aromatic heterocycles. The zero-order chi connectivity index (χ0) is 23.8. The summed E-state index contributed by atoms with van der Waals surface area (Å²) in [6.07, 6.45) is 0. The van der Waals surface area contributed by atoms with E-state index < -0.39 is 0 Å². The van der Waals surface area contributed by atoms with Gasteiger partial charge >= 0.3 is 0 Å². The molecule has 0 aliphatic heterocycles. The highest BCUT2D eigenvalue weighted by Gasteiger charge is 2.16. The largest absolute Gasteiger partial charge is 0.172 e. The Kier molecular flexibility index (Phi) is 5.48. The van der Waals surface area contributed by atoms with Gasteiger partial charge in [-0.25, -0.2) is 0 Å². The molecule has 0 atom stereocenters. The van der Waals surface area contributed by atoms with Crippen molar-refractivity contribution in [1.82, 2.24) is 8.75 Å². The standard InChI is InChI=1S/C32H24N2S/c1-21-19-25(23-9-5-3-6-10-23)13-15-27(21)29-17-18-30(32-31(29)33-35-34-32)28-16-14-26(20-22(28)2)24-11-7-4-8-12-24/h3-20H,1-2H3. The van der Waals surface area contributed by atoms with Gasteiger partial charge in [-0.2, -0.15) is 8.75 Å². The van der Waals surface area contributed by atoms with E-state index in [0.717, 1.165) is 22.2 Å². The van der Waals surface area contributed by atoms with Crippen LogP contribution in [0.15, 0.2) is 109 Å². The molecule has 0 aliphatic rings. The topological polar surface area (TPSA) is 25.8 Å². The first-order chi connectivity index (χ1) is 17.2. The Morgan fingerprint density at radius 2 is 0.829 bits per heavy atom. The molecule has 0 N–H and O–H groups in total. The summed E-state index contributed by atoms with van der Waals surface area (Å²) in [7, 11) is 0. The second-order valence-corrected chi connectivity index (χ2v) is 9.44. The molecule has 0 fully saturated rings. The van der Waals surface area contributed by atoms with E-state index in [9.17, 15) is 0 Å². The lowest BCUT2D eigenvalue weighted by Crippen LogP contribution is -1.91. The summed E-state index contributed by atoms with van der Waals surface area (Å²) in [6.45, 7) is 4.35. The summed E-state index contributed by atoms with van der Waals surface area (Å²) >= 11 is 1.28. The van der Waals surface area contributed by atoms with Gasteiger partial charge < -0.3 is 0 Å². The van der Waals surface area contributed by atoms with Gasteiger partial charge in [-0.05, 0) is 58.4 Å². The molecule has 35 heavy (non-hydrogen) atoms. The molecule has 6 rings (SSSR count). The van der Waals surface area contributed by atoms with Crippen molar-refractivity contribution in [3.63, 3.8) is 0 Å². The summed E-state index contributed by atoms with van der Waals surface area (Å²) in [4.78, 5) is 0. The van der Waals surface area contributed by atoms with Crippen molar-refractivity contribution in [2.24, 2.45) is 0 Å². The summed E-state index contributed by atoms with van der Waals surface area (Å²) in [5, 5.41) is 0. The number of nitrogens with zero attached hydrogens (tertiary/aromatic N) is 2. The van der Waals surface area contributed by atoms with Crippen LogP contribution in [0.4, 0.5) is 0 Å². The Hall–Kier alpha value is -4.08. The number of aromatic nitrogens is 2. The summed E-state index contributed by atoms with van der Waals surface area (Å²) < 4.78 is 9.46. The second kappa shape index (κ2) is 8.94.